The summed E-state index contributed by atoms with van der Waals surface area (Å²) in [6.07, 6.45) is 6.35. The van der Waals surface area contributed by atoms with E-state index in [0.29, 0.717) is 5.56 Å². The summed E-state index contributed by atoms with van der Waals surface area (Å²) in [4.78, 5) is 12.8. The van der Waals surface area contributed by atoms with Gasteiger partial charge in [-0.2, -0.15) is 0 Å². The van der Waals surface area contributed by atoms with Gasteiger partial charge in [-0.3, -0.25) is 4.79 Å². The quantitative estimate of drug-likeness (QED) is 0.840. The SMILES string of the molecule is CC1CCC(CCNC(=O)c2csc(C#CCO)c2)CC1. The second-order valence-corrected chi connectivity index (χ2v) is 6.74. The van der Waals surface area contributed by atoms with E-state index in [4.69, 9.17) is 5.11 Å². The molecule has 1 amide bonds. The number of aliphatic hydroxyl groups excluding tert-OH is 1. The molecule has 0 spiro atoms. The van der Waals surface area contributed by atoms with Crippen LogP contribution in [0, 0.1) is 23.7 Å². The van der Waals surface area contributed by atoms with Crippen molar-refractivity contribution in [3.63, 3.8) is 0 Å². The third-order valence-electron chi connectivity index (χ3n) is 4.13. The molecule has 1 heterocycles. The predicted octanol–water partition coefficient (Wildman–Crippen LogP) is 3.04. The zero-order valence-electron chi connectivity index (χ0n) is 12.5. The highest BCUT2D eigenvalue weighted by Crippen LogP contribution is 2.29. The van der Waals surface area contributed by atoms with Gasteiger partial charge in [-0.15, -0.1) is 11.3 Å². The lowest BCUT2D eigenvalue weighted by Crippen LogP contribution is -2.26. The van der Waals surface area contributed by atoms with Gasteiger partial charge in [0.1, 0.15) is 6.61 Å². The Morgan fingerprint density at radius 3 is 2.90 bits per heavy atom. The van der Waals surface area contributed by atoms with E-state index in [1.165, 1.54) is 37.0 Å². The predicted molar refractivity (Wildman–Crippen MR) is 86.4 cm³/mol. The number of hydrogen-bond acceptors (Lipinski definition) is 3. The van der Waals surface area contributed by atoms with Crippen molar-refractivity contribution in [1.29, 1.82) is 0 Å². The van der Waals surface area contributed by atoms with Crippen LogP contribution in [0.4, 0.5) is 0 Å². The highest BCUT2D eigenvalue weighted by Gasteiger charge is 2.18. The van der Waals surface area contributed by atoms with Crippen molar-refractivity contribution >= 4 is 17.2 Å². The lowest BCUT2D eigenvalue weighted by atomic mass is 9.81. The van der Waals surface area contributed by atoms with Crippen LogP contribution in [0.3, 0.4) is 0 Å². The summed E-state index contributed by atoms with van der Waals surface area (Å²) in [5, 5.41) is 13.5. The van der Waals surface area contributed by atoms with Crippen molar-refractivity contribution in [2.75, 3.05) is 13.2 Å². The highest BCUT2D eigenvalue weighted by molar-refractivity contribution is 7.10. The molecule has 0 saturated heterocycles. The first-order chi connectivity index (χ1) is 10.2. The Labute approximate surface area is 130 Å². The van der Waals surface area contributed by atoms with E-state index in [0.717, 1.165) is 29.7 Å². The average Bonchev–Trinajstić information content (AvgIpc) is 2.96. The minimum absolute atomic E-state index is 0.0209. The average molecular weight is 305 g/mol. The van der Waals surface area contributed by atoms with E-state index in [1.807, 2.05) is 5.38 Å². The van der Waals surface area contributed by atoms with Crippen molar-refractivity contribution in [2.45, 2.75) is 39.0 Å². The first-order valence-electron chi connectivity index (χ1n) is 7.65. The summed E-state index contributed by atoms with van der Waals surface area (Å²) in [7, 11) is 0. The number of rotatable bonds is 4. The number of carbonyl (C=O) groups excluding carboxylic acids is 1. The van der Waals surface area contributed by atoms with Crippen LogP contribution in [0.25, 0.3) is 0 Å². The number of hydrogen-bond donors (Lipinski definition) is 2. The Bertz CT molecular complexity index is 518. The first-order valence-corrected chi connectivity index (χ1v) is 8.53. The van der Waals surface area contributed by atoms with Gasteiger partial charge in [0.25, 0.3) is 5.91 Å². The molecule has 1 aliphatic rings. The first kappa shape index (κ1) is 16.1. The zero-order chi connectivity index (χ0) is 15.1. The fraction of sp³-hybridized carbons (Fsp3) is 0.588. The molecule has 0 bridgehead atoms. The maximum absolute atomic E-state index is 12.0. The van der Waals surface area contributed by atoms with Gasteiger partial charge in [0.05, 0.1) is 10.4 Å². The van der Waals surface area contributed by atoms with Crippen LogP contribution in [-0.4, -0.2) is 24.2 Å². The molecule has 0 atom stereocenters. The van der Waals surface area contributed by atoms with Crippen LogP contribution in [0.2, 0.25) is 0 Å². The molecule has 0 aromatic carbocycles. The topological polar surface area (TPSA) is 49.3 Å². The summed E-state index contributed by atoms with van der Waals surface area (Å²) in [5.41, 5.74) is 0.666. The molecule has 21 heavy (non-hydrogen) atoms. The lowest BCUT2D eigenvalue weighted by molar-refractivity contribution is 0.0950. The molecular formula is C17H23NO2S. The van der Waals surface area contributed by atoms with Gasteiger partial charge in [0, 0.05) is 11.9 Å². The van der Waals surface area contributed by atoms with Crippen molar-refractivity contribution in [3.8, 4) is 11.8 Å². The largest absolute Gasteiger partial charge is 0.384 e. The summed E-state index contributed by atoms with van der Waals surface area (Å²) in [6, 6.07) is 1.78. The molecule has 2 N–H and O–H groups in total. The Morgan fingerprint density at radius 2 is 2.19 bits per heavy atom. The van der Waals surface area contributed by atoms with E-state index in [9.17, 15) is 4.79 Å². The number of carbonyl (C=O) groups is 1. The van der Waals surface area contributed by atoms with Crippen molar-refractivity contribution in [3.05, 3.63) is 21.9 Å². The summed E-state index contributed by atoms with van der Waals surface area (Å²) in [5.74, 6) is 7.04. The van der Waals surface area contributed by atoms with Crippen LogP contribution < -0.4 is 5.32 Å². The monoisotopic (exact) mass is 305 g/mol. The minimum Gasteiger partial charge on any atom is -0.384 e. The van der Waals surface area contributed by atoms with E-state index in [-0.39, 0.29) is 12.5 Å². The van der Waals surface area contributed by atoms with Crippen LogP contribution in [-0.2, 0) is 0 Å². The molecule has 114 valence electrons. The summed E-state index contributed by atoms with van der Waals surface area (Å²) < 4.78 is 0. The molecule has 4 heteroatoms. The Morgan fingerprint density at radius 1 is 1.43 bits per heavy atom. The zero-order valence-corrected chi connectivity index (χ0v) is 13.3. The van der Waals surface area contributed by atoms with E-state index >= 15 is 0 Å². The number of thiophene rings is 1. The van der Waals surface area contributed by atoms with Gasteiger partial charge >= 0.3 is 0 Å². The van der Waals surface area contributed by atoms with Gasteiger partial charge in [0.15, 0.2) is 0 Å². The maximum Gasteiger partial charge on any atom is 0.252 e. The van der Waals surface area contributed by atoms with Crippen LogP contribution in [0.15, 0.2) is 11.4 Å². The molecule has 3 nitrogen and oxygen atoms in total. The standard InChI is InChI=1S/C17H23NO2S/c1-13-4-6-14(7-5-13)8-9-18-17(20)15-11-16(21-12-15)3-2-10-19/h11-14,19H,4-10H2,1H3,(H,18,20). The third-order valence-corrected chi connectivity index (χ3v) is 4.97. The molecular weight excluding hydrogens is 282 g/mol. The van der Waals surface area contributed by atoms with Gasteiger partial charge < -0.3 is 10.4 Å². The molecule has 1 aliphatic carbocycles. The van der Waals surface area contributed by atoms with Gasteiger partial charge in [-0.25, -0.2) is 0 Å². The highest BCUT2D eigenvalue weighted by atomic mass is 32.1. The van der Waals surface area contributed by atoms with Crippen LogP contribution in [0.5, 0.6) is 0 Å². The Balaban J connectivity index is 1.73. The summed E-state index contributed by atoms with van der Waals surface area (Å²) >= 11 is 1.43. The van der Waals surface area contributed by atoms with Crippen LogP contribution >= 0.6 is 11.3 Å². The molecule has 2 rings (SSSR count). The fourth-order valence-electron chi connectivity index (χ4n) is 2.76. The minimum atomic E-state index is -0.153. The van der Waals surface area contributed by atoms with E-state index in [1.54, 1.807) is 6.07 Å². The fourth-order valence-corrected chi connectivity index (χ4v) is 3.51. The summed E-state index contributed by atoms with van der Waals surface area (Å²) in [6.45, 7) is 2.93. The van der Waals surface area contributed by atoms with Crippen LogP contribution in [0.1, 0.15) is 54.3 Å². The molecule has 1 aromatic heterocycles. The number of nitrogens with one attached hydrogen (secondary N) is 1. The Hall–Kier alpha value is -1.31. The second kappa shape index (κ2) is 8.21. The van der Waals surface area contributed by atoms with Crippen molar-refractivity contribution in [2.24, 2.45) is 11.8 Å². The number of aliphatic hydroxyl groups is 1. The van der Waals surface area contributed by atoms with Gasteiger partial charge in [0.2, 0.25) is 0 Å². The molecule has 0 aliphatic heterocycles. The smallest absolute Gasteiger partial charge is 0.252 e. The molecule has 0 radical (unpaired) electrons. The third kappa shape index (κ3) is 5.18. The molecule has 1 aromatic rings. The lowest BCUT2D eigenvalue weighted by Gasteiger charge is -2.26. The molecule has 0 unspecified atom stereocenters. The molecule has 1 fully saturated rings. The van der Waals surface area contributed by atoms with E-state index < -0.39 is 0 Å². The normalized spacial score (nSPS) is 21.4. The number of amides is 1. The molecule has 1 saturated carbocycles. The second-order valence-electron chi connectivity index (χ2n) is 5.83. The van der Waals surface area contributed by atoms with E-state index in [2.05, 4.69) is 24.1 Å². The van der Waals surface area contributed by atoms with Crippen molar-refractivity contribution in [1.82, 2.24) is 5.32 Å². The maximum atomic E-state index is 12.0. The van der Waals surface area contributed by atoms with Gasteiger partial charge in [-0.1, -0.05) is 44.4 Å². The van der Waals surface area contributed by atoms with Crippen molar-refractivity contribution < 1.29 is 9.90 Å². The Kier molecular flexibility index (Phi) is 6.28. The van der Waals surface area contributed by atoms with Gasteiger partial charge in [-0.05, 0) is 24.3 Å².